The molecule has 0 aliphatic carbocycles. The van der Waals surface area contributed by atoms with Crippen LogP contribution >= 0.6 is 0 Å². The quantitative estimate of drug-likeness (QED) is 0.689. The Morgan fingerprint density at radius 3 is 2.78 bits per heavy atom. The van der Waals surface area contributed by atoms with Crippen LogP contribution in [0.1, 0.15) is 5.56 Å². The molecule has 0 fully saturated rings. The molecule has 3 aromatic rings. The third-order valence-electron chi connectivity index (χ3n) is 3.31. The number of hydrogen-bond acceptors (Lipinski definition) is 6. The van der Waals surface area contributed by atoms with Crippen molar-refractivity contribution in [3.63, 3.8) is 0 Å². The first-order valence-corrected chi connectivity index (χ1v) is 6.91. The molecule has 0 unspecified atom stereocenters. The van der Waals surface area contributed by atoms with Gasteiger partial charge < -0.3 is 18.3 Å². The van der Waals surface area contributed by atoms with Gasteiger partial charge in [-0.25, -0.2) is 4.79 Å². The maximum Gasteiger partial charge on any atom is 0.343 e. The Labute approximate surface area is 131 Å². The highest BCUT2D eigenvalue weighted by Gasteiger charge is 2.20. The number of carbonyl (C=O) groups is 1. The van der Waals surface area contributed by atoms with Crippen LogP contribution in [-0.2, 0) is 9.53 Å². The Morgan fingerprint density at radius 1 is 1.26 bits per heavy atom. The summed E-state index contributed by atoms with van der Waals surface area (Å²) in [4.78, 5) is 24.0. The molecule has 0 amide bonds. The Bertz CT molecular complexity index is 905. The normalized spacial score (nSPS) is 10.7. The predicted molar refractivity (Wildman–Crippen MR) is 82.4 cm³/mol. The van der Waals surface area contributed by atoms with Crippen LogP contribution in [0.15, 0.2) is 50.2 Å². The van der Waals surface area contributed by atoms with Crippen molar-refractivity contribution in [2.75, 3.05) is 13.7 Å². The Kier molecular flexibility index (Phi) is 3.89. The molecule has 0 saturated carbocycles. The van der Waals surface area contributed by atoms with Gasteiger partial charge in [0, 0.05) is 0 Å². The van der Waals surface area contributed by atoms with E-state index in [1.54, 1.807) is 30.3 Å². The van der Waals surface area contributed by atoms with Crippen molar-refractivity contribution in [3.8, 4) is 17.3 Å². The fourth-order valence-corrected chi connectivity index (χ4v) is 2.17. The minimum absolute atomic E-state index is 0.0818. The molecule has 0 N–H and O–H groups in total. The second-order valence-corrected chi connectivity index (χ2v) is 4.93. The van der Waals surface area contributed by atoms with Gasteiger partial charge in [-0.3, -0.25) is 4.79 Å². The van der Waals surface area contributed by atoms with Crippen molar-refractivity contribution < 1.29 is 23.1 Å². The Balaban J connectivity index is 2.20. The molecule has 0 atom stereocenters. The van der Waals surface area contributed by atoms with Gasteiger partial charge >= 0.3 is 5.97 Å². The van der Waals surface area contributed by atoms with E-state index < -0.39 is 12.6 Å². The average Bonchev–Trinajstić information content (AvgIpc) is 3.07. The van der Waals surface area contributed by atoms with Crippen molar-refractivity contribution in [2.45, 2.75) is 6.92 Å². The predicted octanol–water partition coefficient (Wildman–Crippen LogP) is 2.91. The summed E-state index contributed by atoms with van der Waals surface area (Å²) in [7, 11) is 1.24. The molecule has 2 heterocycles. The highest BCUT2D eigenvalue weighted by molar-refractivity contribution is 5.82. The van der Waals surface area contributed by atoms with E-state index in [0.717, 1.165) is 5.56 Å². The van der Waals surface area contributed by atoms with Crippen molar-refractivity contribution in [3.05, 3.63) is 52.4 Å². The van der Waals surface area contributed by atoms with Crippen LogP contribution in [0.4, 0.5) is 0 Å². The number of esters is 1. The van der Waals surface area contributed by atoms with E-state index in [-0.39, 0.29) is 16.9 Å². The molecule has 118 valence electrons. The van der Waals surface area contributed by atoms with Crippen molar-refractivity contribution >= 4 is 16.9 Å². The molecule has 0 radical (unpaired) electrons. The summed E-state index contributed by atoms with van der Waals surface area (Å²) in [5.41, 5.74) is 1.00. The highest BCUT2D eigenvalue weighted by Crippen LogP contribution is 2.31. The lowest BCUT2D eigenvalue weighted by atomic mass is 10.1. The van der Waals surface area contributed by atoms with Crippen LogP contribution < -0.4 is 10.2 Å². The number of rotatable bonds is 4. The molecule has 23 heavy (non-hydrogen) atoms. The number of benzene rings is 1. The van der Waals surface area contributed by atoms with E-state index in [9.17, 15) is 9.59 Å². The van der Waals surface area contributed by atoms with Gasteiger partial charge in [-0.15, -0.1) is 0 Å². The lowest BCUT2D eigenvalue weighted by Gasteiger charge is -2.09. The van der Waals surface area contributed by atoms with Crippen LogP contribution in [0.25, 0.3) is 22.5 Å². The van der Waals surface area contributed by atoms with Gasteiger partial charge in [0.25, 0.3) is 0 Å². The second kappa shape index (κ2) is 6.00. The van der Waals surface area contributed by atoms with Crippen LogP contribution in [0.3, 0.4) is 0 Å². The zero-order valence-electron chi connectivity index (χ0n) is 12.6. The minimum Gasteiger partial charge on any atom is -0.474 e. The Hall–Kier alpha value is -3.02. The van der Waals surface area contributed by atoms with E-state index >= 15 is 0 Å². The average molecular weight is 314 g/mol. The maximum atomic E-state index is 12.7. The molecule has 0 bridgehead atoms. The Morgan fingerprint density at radius 2 is 2.09 bits per heavy atom. The minimum atomic E-state index is -0.598. The number of hydrogen-bond donors (Lipinski definition) is 0. The molecule has 6 nitrogen and oxygen atoms in total. The molecule has 3 rings (SSSR count). The monoisotopic (exact) mass is 314 g/mol. The molecule has 2 aromatic heterocycles. The molecule has 1 aromatic carbocycles. The van der Waals surface area contributed by atoms with Gasteiger partial charge in [0.1, 0.15) is 5.58 Å². The molecular formula is C17H14O6. The second-order valence-electron chi connectivity index (χ2n) is 4.93. The lowest BCUT2D eigenvalue weighted by molar-refractivity contribution is -0.142. The molecule has 0 aliphatic rings. The van der Waals surface area contributed by atoms with Gasteiger partial charge in [0.2, 0.25) is 16.9 Å². The molecule has 0 spiro atoms. The lowest BCUT2D eigenvalue weighted by Crippen LogP contribution is -2.17. The van der Waals surface area contributed by atoms with Crippen molar-refractivity contribution in [1.29, 1.82) is 0 Å². The number of carbonyl (C=O) groups excluding carboxylic acids is 1. The summed E-state index contributed by atoms with van der Waals surface area (Å²) in [5.74, 6) is -0.201. The van der Waals surface area contributed by atoms with Gasteiger partial charge in [-0.05, 0) is 36.8 Å². The summed E-state index contributed by atoms with van der Waals surface area (Å²) in [6.07, 6.45) is 1.46. The number of methoxy groups -OCH3 is 1. The first-order chi connectivity index (χ1) is 11.1. The van der Waals surface area contributed by atoms with Gasteiger partial charge in [-0.1, -0.05) is 6.07 Å². The largest absolute Gasteiger partial charge is 0.474 e. The third kappa shape index (κ3) is 2.83. The van der Waals surface area contributed by atoms with Crippen molar-refractivity contribution in [2.24, 2.45) is 0 Å². The number of ether oxygens (including phenoxy) is 2. The van der Waals surface area contributed by atoms with E-state index in [1.165, 1.54) is 13.4 Å². The third-order valence-corrected chi connectivity index (χ3v) is 3.31. The van der Waals surface area contributed by atoms with E-state index in [1.807, 2.05) is 6.92 Å². The molecule has 0 aliphatic heterocycles. The summed E-state index contributed by atoms with van der Waals surface area (Å²) < 4.78 is 21.0. The summed E-state index contributed by atoms with van der Waals surface area (Å²) in [6, 6.07) is 8.53. The molecule has 0 saturated heterocycles. The van der Waals surface area contributed by atoms with Crippen LogP contribution in [-0.4, -0.2) is 19.7 Å². The maximum absolute atomic E-state index is 12.7. The molecular weight excluding hydrogens is 300 g/mol. The van der Waals surface area contributed by atoms with Crippen LogP contribution in [0.2, 0.25) is 0 Å². The molecule has 6 heteroatoms. The summed E-state index contributed by atoms with van der Waals surface area (Å²) in [6.45, 7) is 1.50. The van der Waals surface area contributed by atoms with Gasteiger partial charge in [-0.2, -0.15) is 0 Å². The van der Waals surface area contributed by atoms with Crippen LogP contribution in [0.5, 0.6) is 5.75 Å². The summed E-state index contributed by atoms with van der Waals surface area (Å²) >= 11 is 0. The topological polar surface area (TPSA) is 78.9 Å². The smallest absolute Gasteiger partial charge is 0.343 e. The number of fused-ring (bicyclic) bond motifs is 1. The van der Waals surface area contributed by atoms with E-state index in [2.05, 4.69) is 4.74 Å². The fourth-order valence-electron chi connectivity index (χ4n) is 2.17. The highest BCUT2D eigenvalue weighted by atomic mass is 16.6. The van der Waals surface area contributed by atoms with E-state index in [0.29, 0.717) is 16.7 Å². The van der Waals surface area contributed by atoms with Crippen LogP contribution in [0, 0.1) is 6.92 Å². The summed E-state index contributed by atoms with van der Waals surface area (Å²) in [5, 5.41) is 0.366. The van der Waals surface area contributed by atoms with Crippen molar-refractivity contribution in [1.82, 2.24) is 0 Å². The fraction of sp³-hybridized carbons (Fsp3) is 0.176. The number of furan rings is 1. The SMILES string of the molecule is COC(=O)COc1c(-c2ccco2)oc2cc(C)ccc2c1=O. The number of aryl methyl sites for hydroxylation is 1. The van der Waals surface area contributed by atoms with E-state index in [4.69, 9.17) is 13.6 Å². The zero-order chi connectivity index (χ0) is 16.4. The zero-order valence-corrected chi connectivity index (χ0v) is 12.6. The first kappa shape index (κ1) is 14.9. The standard InChI is InChI=1S/C17H14O6/c1-10-5-6-11-13(8-10)23-16(12-4-3-7-21-12)17(15(11)19)22-9-14(18)20-2/h3-8H,9H2,1-2H3. The first-order valence-electron chi connectivity index (χ1n) is 6.91. The van der Waals surface area contributed by atoms with Gasteiger partial charge in [0.05, 0.1) is 18.8 Å². The van der Waals surface area contributed by atoms with Gasteiger partial charge in [0.15, 0.2) is 12.4 Å².